The van der Waals surface area contributed by atoms with Crippen molar-refractivity contribution in [3.63, 3.8) is 0 Å². The van der Waals surface area contributed by atoms with Crippen LogP contribution < -0.4 is 16.0 Å². The number of carbonyl (C=O) groups excluding carboxylic acids is 2. The maximum absolute atomic E-state index is 12.1. The molecule has 2 aromatic rings. The van der Waals surface area contributed by atoms with Crippen LogP contribution in [0.15, 0.2) is 48.5 Å². The van der Waals surface area contributed by atoms with Crippen LogP contribution >= 0.6 is 11.6 Å². The van der Waals surface area contributed by atoms with E-state index in [1.165, 1.54) is 7.05 Å². The number of hydrogen-bond donors (Lipinski definition) is 3. The molecule has 0 unspecified atom stereocenters. The first-order valence-electron chi connectivity index (χ1n) is 6.24. The van der Waals surface area contributed by atoms with Gasteiger partial charge in [-0.05, 0) is 36.4 Å². The average molecular weight is 304 g/mol. The number of carbonyl (C=O) groups is 2. The number of amides is 3. The van der Waals surface area contributed by atoms with Crippen LogP contribution in [0.2, 0.25) is 5.02 Å². The third kappa shape index (κ3) is 4.22. The first kappa shape index (κ1) is 14.9. The quantitative estimate of drug-likeness (QED) is 0.814. The van der Waals surface area contributed by atoms with E-state index in [0.29, 0.717) is 22.0 Å². The molecular weight excluding hydrogens is 290 g/mol. The molecule has 0 aliphatic heterocycles. The van der Waals surface area contributed by atoms with E-state index in [9.17, 15) is 9.59 Å². The number of hydrogen-bond acceptors (Lipinski definition) is 2. The molecule has 3 N–H and O–H groups in total. The summed E-state index contributed by atoms with van der Waals surface area (Å²) < 4.78 is 0. The lowest BCUT2D eigenvalue weighted by Crippen LogP contribution is -2.24. The number of rotatable bonds is 3. The Morgan fingerprint density at radius 3 is 2.29 bits per heavy atom. The Balaban J connectivity index is 2.11. The molecule has 0 saturated carbocycles. The van der Waals surface area contributed by atoms with Crippen LogP contribution in [0.4, 0.5) is 16.2 Å². The predicted octanol–water partition coefficient (Wildman–Crippen LogP) is 3.34. The van der Waals surface area contributed by atoms with Crippen LogP contribution in [0.25, 0.3) is 0 Å². The molecular formula is C15H14ClN3O2. The number of anilines is 2. The molecule has 0 aliphatic carbocycles. The van der Waals surface area contributed by atoms with Gasteiger partial charge in [-0.15, -0.1) is 0 Å². The van der Waals surface area contributed by atoms with Crippen molar-refractivity contribution in [3.05, 3.63) is 59.1 Å². The molecule has 0 spiro atoms. The molecule has 0 saturated heterocycles. The lowest BCUT2D eigenvalue weighted by Gasteiger charge is -2.08. The van der Waals surface area contributed by atoms with E-state index in [-0.39, 0.29) is 11.9 Å². The predicted molar refractivity (Wildman–Crippen MR) is 83.9 cm³/mol. The van der Waals surface area contributed by atoms with Crippen LogP contribution in [0.3, 0.4) is 0 Å². The lowest BCUT2D eigenvalue weighted by molar-refractivity contribution is 0.102. The minimum absolute atomic E-state index is 0.269. The van der Waals surface area contributed by atoms with E-state index in [4.69, 9.17) is 11.6 Å². The van der Waals surface area contributed by atoms with Gasteiger partial charge in [0.1, 0.15) is 0 Å². The van der Waals surface area contributed by atoms with Gasteiger partial charge in [0.05, 0.1) is 0 Å². The summed E-state index contributed by atoms with van der Waals surface area (Å²) in [7, 11) is 1.53. The SMILES string of the molecule is CNC(=O)Nc1cccc(NC(=O)c2cccc(Cl)c2)c1. The normalized spacial score (nSPS) is 9.81. The number of halogens is 1. The molecule has 2 rings (SSSR count). The standard InChI is InChI=1S/C15H14ClN3O2/c1-17-15(21)19-13-7-3-6-12(9-13)18-14(20)10-4-2-5-11(16)8-10/h2-9H,1H3,(H,18,20)(H2,17,19,21). The van der Waals surface area contributed by atoms with Crippen molar-refractivity contribution in [2.45, 2.75) is 0 Å². The van der Waals surface area contributed by atoms with Crippen LogP contribution in [0, 0.1) is 0 Å². The van der Waals surface area contributed by atoms with E-state index < -0.39 is 0 Å². The van der Waals surface area contributed by atoms with Crippen molar-refractivity contribution in [2.24, 2.45) is 0 Å². The fraction of sp³-hybridized carbons (Fsp3) is 0.0667. The Labute approximate surface area is 127 Å². The van der Waals surface area contributed by atoms with Gasteiger partial charge in [-0.2, -0.15) is 0 Å². The van der Waals surface area contributed by atoms with Gasteiger partial charge in [0.15, 0.2) is 0 Å². The van der Waals surface area contributed by atoms with Crippen molar-refractivity contribution >= 4 is 34.9 Å². The summed E-state index contributed by atoms with van der Waals surface area (Å²) in [5.41, 5.74) is 1.62. The molecule has 2 aromatic carbocycles. The molecule has 0 atom stereocenters. The minimum Gasteiger partial charge on any atom is -0.341 e. The van der Waals surface area contributed by atoms with Gasteiger partial charge in [-0.25, -0.2) is 4.79 Å². The Bertz CT molecular complexity index is 673. The van der Waals surface area contributed by atoms with Crippen molar-refractivity contribution < 1.29 is 9.59 Å². The number of benzene rings is 2. The molecule has 3 amide bonds. The summed E-state index contributed by atoms with van der Waals surface area (Å²) in [6.45, 7) is 0. The highest BCUT2D eigenvalue weighted by Gasteiger charge is 2.07. The highest BCUT2D eigenvalue weighted by Crippen LogP contribution is 2.17. The van der Waals surface area contributed by atoms with Gasteiger partial charge in [0, 0.05) is 29.0 Å². The van der Waals surface area contributed by atoms with Crippen molar-refractivity contribution in [1.82, 2.24) is 5.32 Å². The maximum atomic E-state index is 12.1. The molecule has 108 valence electrons. The van der Waals surface area contributed by atoms with Gasteiger partial charge in [-0.3, -0.25) is 4.79 Å². The van der Waals surface area contributed by atoms with Gasteiger partial charge >= 0.3 is 6.03 Å². The van der Waals surface area contributed by atoms with E-state index in [1.807, 2.05) is 0 Å². The number of urea groups is 1. The van der Waals surface area contributed by atoms with Crippen molar-refractivity contribution in [2.75, 3.05) is 17.7 Å². The first-order valence-corrected chi connectivity index (χ1v) is 6.62. The van der Waals surface area contributed by atoms with E-state index in [2.05, 4.69) is 16.0 Å². The Morgan fingerprint density at radius 1 is 0.952 bits per heavy atom. The highest BCUT2D eigenvalue weighted by molar-refractivity contribution is 6.31. The van der Waals surface area contributed by atoms with Gasteiger partial charge in [0.25, 0.3) is 5.91 Å². The summed E-state index contributed by atoms with van der Waals surface area (Å²) in [5.74, 6) is -0.269. The summed E-state index contributed by atoms with van der Waals surface area (Å²) >= 11 is 5.86. The lowest BCUT2D eigenvalue weighted by atomic mass is 10.2. The van der Waals surface area contributed by atoms with Gasteiger partial charge in [0.2, 0.25) is 0 Å². The maximum Gasteiger partial charge on any atom is 0.318 e. The zero-order chi connectivity index (χ0) is 15.2. The molecule has 0 radical (unpaired) electrons. The summed E-state index contributed by atoms with van der Waals surface area (Å²) in [4.78, 5) is 23.3. The molecule has 0 aromatic heterocycles. The Kier molecular flexibility index (Phi) is 4.79. The monoisotopic (exact) mass is 303 g/mol. The minimum atomic E-state index is -0.326. The van der Waals surface area contributed by atoms with Gasteiger partial charge in [-0.1, -0.05) is 23.7 Å². The third-order valence-electron chi connectivity index (χ3n) is 2.69. The van der Waals surface area contributed by atoms with Crippen LogP contribution in [0.5, 0.6) is 0 Å². The second-order valence-corrected chi connectivity index (χ2v) is 4.69. The molecule has 0 fully saturated rings. The van der Waals surface area contributed by atoms with Crippen molar-refractivity contribution in [1.29, 1.82) is 0 Å². The molecule has 21 heavy (non-hydrogen) atoms. The molecule has 0 aliphatic rings. The highest BCUT2D eigenvalue weighted by atomic mass is 35.5. The van der Waals surface area contributed by atoms with E-state index in [1.54, 1.807) is 48.5 Å². The molecule has 0 bridgehead atoms. The average Bonchev–Trinajstić information content (AvgIpc) is 2.47. The largest absolute Gasteiger partial charge is 0.341 e. The second-order valence-electron chi connectivity index (χ2n) is 4.25. The Hall–Kier alpha value is -2.53. The van der Waals surface area contributed by atoms with E-state index >= 15 is 0 Å². The summed E-state index contributed by atoms with van der Waals surface area (Å²) in [5, 5.41) is 8.33. The van der Waals surface area contributed by atoms with E-state index in [0.717, 1.165) is 0 Å². The second kappa shape index (κ2) is 6.76. The topological polar surface area (TPSA) is 70.2 Å². The summed E-state index contributed by atoms with van der Waals surface area (Å²) in [6, 6.07) is 13.2. The third-order valence-corrected chi connectivity index (χ3v) is 2.93. The zero-order valence-electron chi connectivity index (χ0n) is 11.3. The molecule has 0 heterocycles. The first-order chi connectivity index (χ1) is 10.1. The van der Waals surface area contributed by atoms with Gasteiger partial charge < -0.3 is 16.0 Å². The zero-order valence-corrected chi connectivity index (χ0v) is 12.1. The fourth-order valence-electron chi connectivity index (χ4n) is 1.70. The molecule has 5 nitrogen and oxygen atoms in total. The molecule has 6 heteroatoms. The Morgan fingerprint density at radius 2 is 1.62 bits per heavy atom. The number of nitrogens with one attached hydrogen (secondary N) is 3. The van der Waals surface area contributed by atoms with Crippen molar-refractivity contribution in [3.8, 4) is 0 Å². The van der Waals surface area contributed by atoms with Crippen LogP contribution in [-0.2, 0) is 0 Å². The van der Waals surface area contributed by atoms with Crippen LogP contribution in [-0.4, -0.2) is 19.0 Å². The summed E-state index contributed by atoms with van der Waals surface area (Å²) in [6.07, 6.45) is 0. The fourth-order valence-corrected chi connectivity index (χ4v) is 1.89. The smallest absolute Gasteiger partial charge is 0.318 e. The van der Waals surface area contributed by atoms with Crippen LogP contribution in [0.1, 0.15) is 10.4 Å².